The van der Waals surface area contributed by atoms with Crippen LogP contribution in [0.15, 0.2) is 47.8 Å². The first-order valence-corrected chi connectivity index (χ1v) is 8.05. The molecule has 8 nitrogen and oxygen atoms in total. The fraction of sp³-hybridized carbons (Fsp3) is 0.111. The molecular weight excluding hydrogens is 351 g/mol. The van der Waals surface area contributed by atoms with E-state index in [9.17, 15) is 4.39 Å². The van der Waals surface area contributed by atoms with E-state index in [2.05, 4.69) is 32.2 Å². The fourth-order valence-corrected chi connectivity index (χ4v) is 2.74. The highest BCUT2D eigenvalue weighted by Gasteiger charge is 2.15. The van der Waals surface area contributed by atoms with E-state index in [1.54, 1.807) is 28.9 Å². The summed E-state index contributed by atoms with van der Waals surface area (Å²) in [5.74, 6) is 1.50. The quantitative estimate of drug-likeness (QED) is 0.560. The van der Waals surface area contributed by atoms with Crippen molar-refractivity contribution >= 4 is 17.5 Å². The Kier molecular flexibility index (Phi) is 4.25. The van der Waals surface area contributed by atoms with Crippen molar-refractivity contribution in [3.05, 3.63) is 60.5 Å². The van der Waals surface area contributed by atoms with Crippen LogP contribution < -0.4 is 10.1 Å². The van der Waals surface area contributed by atoms with Crippen LogP contribution in [0, 0.1) is 5.82 Å². The SMILES string of the molecule is C=Cc1nc(-c2ccc(NCc3c(F)cccc3OC)n3cnnc23)no1. The van der Waals surface area contributed by atoms with E-state index < -0.39 is 0 Å². The number of halogens is 1. The number of benzene rings is 1. The molecule has 4 aromatic rings. The van der Waals surface area contributed by atoms with Crippen LogP contribution in [0.1, 0.15) is 11.5 Å². The normalized spacial score (nSPS) is 10.9. The molecule has 3 heterocycles. The monoisotopic (exact) mass is 366 g/mol. The Balaban J connectivity index is 1.67. The number of hydrogen-bond donors (Lipinski definition) is 1. The largest absolute Gasteiger partial charge is 0.496 e. The summed E-state index contributed by atoms with van der Waals surface area (Å²) >= 11 is 0. The maximum absolute atomic E-state index is 14.1. The number of methoxy groups -OCH3 is 1. The Hall–Kier alpha value is -3.75. The van der Waals surface area contributed by atoms with E-state index in [-0.39, 0.29) is 12.4 Å². The molecule has 3 aromatic heterocycles. The van der Waals surface area contributed by atoms with Crippen LogP contribution in [0.5, 0.6) is 5.75 Å². The molecule has 4 rings (SSSR count). The lowest BCUT2D eigenvalue weighted by Crippen LogP contribution is -2.07. The second-order valence-electron chi connectivity index (χ2n) is 5.59. The van der Waals surface area contributed by atoms with Crippen molar-refractivity contribution < 1.29 is 13.7 Å². The highest BCUT2D eigenvalue weighted by atomic mass is 19.1. The van der Waals surface area contributed by atoms with Gasteiger partial charge < -0.3 is 14.6 Å². The zero-order chi connectivity index (χ0) is 18.8. The van der Waals surface area contributed by atoms with Crippen LogP contribution in [0.25, 0.3) is 23.1 Å². The molecule has 1 aromatic carbocycles. The van der Waals surface area contributed by atoms with E-state index in [1.807, 2.05) is 6.07 Å². The van der Waals surface area contributed by atoms with Crippen LogP contribution in [-0.4, -0.2) is 31.8 Å². The number of rotatable bonds is 6. The van der Waals surface area contributed by atoms with Gasteiger partial charge in [0.2, 0.25) is 11.7 Å². The molecule has 136 valence electrons. The van der Waals surface area contributed by atoms with E-state index in [0.717, 1.165) is 0 Å². The third-order valence-electron chi connectivity index (χ3n) is 4.06. The van der Waals surface area contributed by atoms with Gasteiger partial charge in [-0.15, -0.1) is 10.2 Å². The Labute approximate surface area is 153 Å². The first-order chi connectivity index (χ1) is 13.2. The van der Waals surface area contributed by atoms with Crippen molar-refractivity contribution in [3.63, 3.8) is 0 Å². The van der Waals surface area contributed by atoms with E-state index in [4.69, 9.17) is 9.26 Å². The second-order valence-corrected chi connectivity index (χ2v) is 5.59. The van der Waals surface area contributed by atoms with Crippen molar-refractivity contribution in [2.75, 3.05) is 12.4 Å². The molecule has 0 radical (unpaired) electrons. The highest BCUT2D eigenvalue weighted by Crippen LogP contribution is 2.26. The number of pyridine rings is 1. The number of anilines is 1. The summed E-state index contributed by atoms with van der Waals surface area (Å²) in [4.78, 5) is 4.22. The van der Waals surface area contributed by atoms with Crippen molar-refractivity contribution in [3.8, 4) is 17.1 Å². The molecule has 0 spiro atoms. The van der Waals surface area contributed by atoms with Gasteiger partial charge in [0.25, 0.3) is 0 Å². The maximum atomic E-state index is 14.1. The van der Waals surface area contributed by atoms with Gasteiger partial charge in [0.15, 0.2) is 5.65 Å². The van der Waals surface area contributed by atoms with Crippen molar-refractivity contribution in [2.45, 2.75) is 6.54 Å². The Morgan fingerprint density at radius 1 is 1.33 bits per heavy atom. The van der Waals surface area contributed by atoms with E-state index in [1.165, 1.54) is 19.3 Å². The van der Waals surface area contributed by atoms with Crippen LogP contribution in [-0.2, 0) is 6.54 Å². The zero-order valence-corrected chi connectivity index (χ0v) is 14.4. The Morgan fingerprint density at radius 3 is 3.00 bits per heavy atom. The van der Waals surface area contributed by atoms with E-state index in [0.29, 0.717) is 40.1 Å². The second kappa shape index (κ2) is 6.87. The predicted octanol–water partition coefficient (Wildman–Crippen LogP) is 3.18. The number of fused-ring (bicyclic) bond motifs is 1. The summed E-state index contributed by atoms with van der Waals surface area (Å²) in [6.07, 6.45) is 3.02. The molecule has 0 saturated heterocycles. The lowest BCUT2D eigenvalue weighted by atomic mass is 10.2. The fourth-order valence-electron chi connectivity index (χ4n) is 2.74. The van der Waals surface area contributed by atoms with Gasteiger partial charge in [-0.05, 0) is 30.3 Å². The molecule has 0 aliphatic heterocycles. The highest BCUT2D eigenvalue weighted by molar-refractivity contribution is 5.74. The standard InChI is InChI=1S/C18H15FN6O2/c1-3-16-22-17(24-27-16)11-7-8-15(25-10-21-23-18(11)25)20-9-12-13(19)5-4-6-14(12)26-2/h3-8,10,20H,1,9H2,2H3. The van der Waals surface area contributed by atoms with Gasteiger partial charge in [0.1, 0.15) is 23.7 Å². The third kappa shape index (κ3) is 2.99. The molecule has 0 aliphatic rings. The van der Waals surface area contributed by atoms with Gasteiger partial charge in [-0.2, -0.15) is 4.98 Å². The summed E-state index contributed by atoms with van der Waals surface area (Å²) in [7, 11) is 1.51. The number of hydrogen-bond acceptors (Lipinski definition) is 7. The first kappa shape index (κ1) is 16.7. The van der Waals surface area contributed by atoms with Crippen molar-refractivity contribution in [2.24, 2.45) is 0 Å². The number of aromatic nitrogens is 5. The molecule has 1 N–H and O–H groups in total. The minimum atomic E-state index is -0.345. The molecule has 0 saturated carbocycles. The lowest BCUT2D eigenvalue weighted by Gasteiger charge is -2.13. The minimum Gasteiger partial charge on any atom is -0.496 e. The summed E-state index contributed by atoms with van der Waals surface area (Å²) in [6.45, 7) is 3.83. The van der Waals surface area contributed by atoms with E-state index >= 15 is 0 Å². The Bertz CT molecular complexity index is 1120. The van der Waals surface area contributed by atoms with Gasteiger partial charge in [0, 0.05) is 12.1 Å². The average Bonchev–Trinajstić information content (AvgIpc) is 3.36. The molecule has 0 amide bonds. The van der Waals surface area contributed by atoms with Crippen LogP contribution in [0.4, 0.5) is 10.2 Å². The molecule has 0 unspecified atom stereocenters. The zero-order valence-electron chi connectivity index (χ0n) is 14.4. The first-order valence-electron chi connectivity index (χ1n) is 8.05. The van der Waals surface area contributed by atoms with Crippen LogP contribution >= 0.6 is 0 Å². The molecule has 0 aliphatic carbocycles. The number of nitrogens with zero attached hydrogens (tertiary/aromatic N) is 5. The van der Waals surface area contributed by atoms with Gasteiger partial charge in [-0.1, -0.05) is 17.8 Å². The molecule has 9 heteroatoms. The predicted molar refractivity (Wildman–Crippen MR) is 96.6 cm³/mol. The molecule has 0 fully saturated rings. The van der Waals surface area contributed by atoms with Gasteiger partial charge in [0.05, 0.1) is 12.7 Å². The minimum absolute atomic E-state index is 0.227. The maximum Gasteiger partial charge on any atom is 0.250 e. The number of nitrogens with one attached hydrogen (secondary N) is 1. The topological polar surface area (TPSA) is 90.4 Å². The van der Waals surface area contributed by atoms with Crippen LogP contribution in [0.3, 0.4) is 0 Å². The van der Waals surface area contributed by atoms with Gasteiger partial charge in [-0.25, -0.2) is 4.39 Å². The van der Waals surface area contributed by atoms with Gasteiger partial charge >= 0.3 is 0 Å². The number of ether oxygens (including phenoxy) is 1. The summed E-state index contributed by atoms with van der Waals surface area (Å²) in [5.41, 5.74) is 1.62. The molecule has 27 heavy (non-hydrogen) atoms. The third-order valence-corrected chi connectivity index (χ3v) is 4.06. The lowest BCUT2D eigenvalue weighted by molar-refractivity contribution is 0.405. The summed E-state index contributed by atoms with van der Waals surface area (Å²) in [5, 5.41) is 15.2. The summed E-state index contributed by atoms with van der Waals surface area (Å²) in [6, 6.07) is 8.31. The molecule has 0 atom stereocenters. The Morgan fingerprint density at radius 2 is 2.22 bits per heavy atom. The average molecular weight is 366 g/mol. The van der Waals surface area contributed by atoms with Crippen molar-refractivity contribution in [1.82, 2.24) is 24.7 Å². The molecule has 0 bridgehead atoms. The summed E-state index contributed by atoms with van der Waals surface area (Å²) < 4.78 is 26.1. The smallest absolute Gasteiger partial charge is 0.250 e. The van der Waals surface area contributed by atoms with Gasteiger partial charge in [-0.3, -0.25) is 4.40 Å². The van der Waals surface area contributed by atoms with Crippen LogP contribution in [0.2, 0.25) is 0 Å². The molecular formula is C18H15FN6O2. The van der Waals surface area contributed by atoms with Crippen molar-refractivity contribution in [1.29, 1.82) is 0 Å².